The summed E-state index contributed by atoms with van der Waals surface area (Å²) in [5.74, 6) is -0.796. The van der Waals surface area contributed by atoms with Crippen LogP contribution in [0.3, 0.4) is 0 Å². The SMILES string of the molecule is O=C(O)C1CN(C(=O)c2cc(C3CC3)on2)CC1c1ccccc1. The highest BCUT2D eigenvalue weighted by Gasteiger charge is 2.41. The number of amides is 1. The number of nitrogens with zero attached hydrogens (tertiary/aromatic N) is 2. The average Bonchev–Trinajstić information content (AvgIpc) is 3.16. The summed E-state index contributed by atoms with van der Waals surface area (Å²) in [6, 6.07) is 11.2. The summed E-state index contributed by atoms with van der Waals surface area (Å²) in [6.07, 6.45) is 2.15. The number of carbonyl (C=O) groups excluding carboxylic acids is 1. The molecule has 6 nitrogen and oxygen atoms in total. The predicted molar refractivity (Wildman–Crippen MR) is 84.7 cm³/mol. The van der Waals surface area contributed by atoms with Crippen molar-refractivity contribution in [3.8, 4) is 0 Å². The van der Waals surface area contributed by atoms with Gasteiger partial charge in [0.15, 0.2) is 5.69 Å². The average molecular weight is 326 g/mol. The monoisotopic (exact) mass is 326 g/mol. The van der Waals surface area contributed by atoms with E-state index in [9.17, 15) is 14.7 Å². The Morgan fingerprint density at radius 3 is 2.58 bits per heavy atom. The first-order valence-electron chi connectivity index (χ1n) is 8.17. The quantitative estimate of drug-likeness (QED) is 0.933. The molecule has 0 radical (unpaired) electrons. The maximum atomic E-state index is 12.7. The molecule has 1 aromatic carbocycles. The molecule has 0 bridgehead atoms. The second-order valence-electron chi connectivity index (χ2n) is 6.56. The third-order valence-electron chi connectivity index (χ3n) is 4.88. The molecule has 2 unspecified atom stereocenters. The van der Waals surface area contributed by atoms with Crippen LogP contribution >= 0.6 is 0 Å². The van der Waals surface area contributed by atoms with Crippen molar-refractivity contribution in [3.05, 3.63) is 53.4 Å². The molecule has 2 aromatic rings. The van der Waals surface area contributed by atoms with Crippen molar-refractivity contribution in [1.29, 1.82) is 0 Å². The summed E-state index contributed by atoms with van der Waals surface area (Å²) in [5.41, 5.74) is 1.22. The summed E-state index contributed by atoms with van der Waals surface area (Å²) < 4.78 is 5.24. The van der Waals surface area contributed by atoms with Crippen LogP contribution in [0.1, 0.15) is 46.5 Å². The summed E-state index contributed by atoms with van der Waals surface area (Å²) >= 11 is 0. The van der Waals surface area contributed by atoms with E-state index < -0.39 is 11.9 Å². The fourth-order valence-electron chi connectivity index (χ4n) is 3.37. The molecule has 124 valence electrons. The largest absolute Gasteiger partial charge is 0.481 e. The Kier molecular flexibility index (Phi) is 3.59. The maximum Gasteiger partial charge on any atom is 0.308 e. The number of carbonyl (C=O) groups is 2. The van der Waals surface area contributed by atoms with Gasteiger partial charge in [0.05, 0.1) is 5.92 Å². The van der Waals surface area contributed by atoms with Crippen molar-refractivity contribution >= 4 is 11.9 Å². The molecule has 4 rings (SSSR count). The Hall–Kier alpha value is -2.63. The number of hydrogen-bond acceptors (Lipinski definition) is 4. The van der Waals surface area contributed by atoms with Crippen molar-refractivity contribution in [2.75, 3.05) is 13.1 Å². The van der Waals surface area contributed by atoms with Gasteiger partial charge in [-0.1, -0.05) is 35.5 Å². The number of rotatable bonds is 4. The van der Waals surface area contributed by atoms with E-state index in [0.29, 0.717) is 12.5 Å². The molecule has 1 aliphatic heterocycles. The second-order valence-corrected chi connectivity index (χ2v) is 6.56. The molecule has 1 amide bonds. The van der Waals surface area contributed by atoms with Gasteiger partial charge in [-0.05, 0) is 18.4 Å². The van der Waals surface area contributed by atoms with Gasteiger partial charge in [-0.2, -0.15) is 0 Å². The molecule has 0 spiro atoms. The van der Waals surface area contributed by atoms with Crippen LogP contribution in [-0.2, 0) is 4.79 Å². The number of aromatic nitrogens is 1. The van der Waals surface area contributed by atoms with Crippen molar-refractivity contribution in [1.82, 2.24) is 10.1 Å². The van der Waals surface area contributed by atoms with E-state index in [-0.39, 0.29) is 24.1 Å². The fourth-order valence-corrected chi connectivity index (χ4v) is 3.37. The van der Waals surface area contributed by atoms with Crippen LogP contribution in [0.2, 0.25) is 0 Å². The topological polar surface area (TPSA) is 83.6 Å². The first-order chi connectivity index (χ1) is 11.6. The minimum absolute atomic E-state index is 0.194. The van der Waals surface area contributed by atoms with E-state index in [1.165, 1.54) is 0 Å². The number of aliphatic carboxylic acids is 1. The lowest BCUT2D eigenvalue weighted by molar-refractivity contribution is -0.141. The lowest BCUT2D eigenvalue weighted by Gasteiger charge is -2.15. The van der Waals surface area contributed by atoms with Crippen LogP contribution in [0.4, 0.5) is 0 Å². The molecule has 1 N–H and O–H groups in total. The van der Waals surface area contributed by atoms with Gasteiger partial charge in [0.2, 0.25) is 0 Å². The van der Waals surface area contributed by atoms with Gasteiger partial charge in [0, 0.05) is 31.0 Å². The van der Waals surface area contributed by atoms with Crippen molar-refractivity contribution in [3.63, 3.8) is 0 Å². The standard InChI is InChI=1S/C18H18N2O4/c21-17(15-8-16(24-19-15)12-6-7-12)20-9-13(14(10-20)18(22)23)11-4-2-1-3-5-11/h1-5,8,12-14H,6-7,9-10H2,(H,22,23). The van der Waals surface area contributed by atoms with E-state index in [0.717, 1.165) is 24.2 Å². The van der Waals surface area contributed by atoms with Gasteiger partial charge in [-0.25, -0.2) is 0 Å². The molecular weight excluding hydrogens is 308 g/mol. The Morgan fingerprint density at radius 2 is 1.92 bits per heavy atom. The first kappa shape index (κ1) is 14.9. The molecular formula is C18H18N2O4. The molecule has 1 aromatic heterocycles. The summed E-state index contributed by atoms with van der Waals surface area (Å²) in [4.78, 5) is 25.9. The number of likely N-dealkylation sites (tertiary alicyclic amines) is 1. The summed E-state index contributed by atoms with van der Waals surface area (Å²) in [7, 11) is 0. The van der Waals surface area contributed by atoms with E-state index >= 15 is 0 Å². The third kappa shape index (κ3) is 2.68. The van der Waals surface area contributed by atoms with Crippen LogP contribution in [0.5, 0.6) is 0 Å². The fraction of sp³-hybridized carbons (Fsp3) is 0.389. The number of benzene rings is 1. The minimum Gasteiger partial charge on any atom is -0.481 e. The zero-order chi connectivity index (χ0) is 16.7. The van der Waals surface area contributed by atoms with E-state index in [1.54, 1.807) is 11.0 Å². The van der Waals surface area contributed by atoms with Crippen LogP contribution < -0.4 is 0 Å². The van der Waals surface area contributed by atoms with Gasteiger partial charge in [0.1, 0.15) is 5.76 Å². The van der Waals surface area contributed by atoms with Gasteiger partial charge < -0.3 is 14.5 Å². The van der Waals surface area contributed by atoms with Gasteiger partial charge in [-0.15, -0.1) is 0 Å². The predicted octanol–water partition coefficient (Wildman–Crippen LogP) is 2.49. The second kappa shape index (κ2) is 5.78. The zero-order valence-corrected chi connectivity index (χ0v) is 13.1. The van der Waals surface area contributed by atoms with Gasteiger partial charge in [-0.3, -0.25) is 9.59 Å². The van der Waals surface area contributed by atoms with Gasteiger partial charge in [0.25, 0.3) is 5.91 Å². The Labute approximate surface area is 139 Å². The summed E-state index contributed by atoms with van der Waals surface area (Å²) in [6.45, 7) is 0.574. The summed E-state index contributed by atoms with van der Waals surface area (Å²) in [5, 5.41) is 13.4. The van der Waals surface area contributed by atoms with Crippen LogP contribution in [0.15, 0.2) is 40.9 Å². The van der Waals surface area contributed by atoms with E-state index in [1.807, 2.05) is 30.3 Å². The van der Waals surface area contributed by atoms with Crippen LogP contribution in [-0.4, -0.2) is 40.1 Å². The lowest BCUT2D eigenvalue weighted by atomic mass is 9.89. The van der Waals surface area contributed by atoms with Crippen LogP contribution in [0, 0.1) is 5.92 Å². The molecule has 1 saturated heterocycles. The Morgan fingerprint density at radius 1 is 1.17 bits per heavy atom. The molecule has 2 atom stereocenters. The molecule has 2 fully saturated rings. The molecule has 6 heteroatoms. The third-order valence-corrected chi connectivity index (χ3v) is 4.88. The molecule has 1 saturated carbocycles. The highest BCUT2D eigenvalue weighted by Crippen LogP contribution is 2.40. The molecule has 1 aliphatic carbocycles. The number of hydrogen-bond donors (Lipinski definition) is 1. The molecule has 2 heterocycles. The van der Waals surface area contributed by atoms with E-state index in [4.69, 9.17) is 4.52 Å². The highest BCUT2D eigenvalue weighted by molar-refractivity contribution is 5.93. The Bertz CT molecular complexity index is 766. The molecule has 2 aliphatic rings. The first-order valence-corrected chi connectivity index (χ1v) is 8.17. The van der Waals surface area contributed by atoms with E-state index in [2.05, 4.69) is 5.16 Å². The lowest BCUT2D eigenvalue weighted by Crippen LogP contribution is -2.30. The van der Waals surface area contributed by atoms with Crippen molar-refractivity contribution in [2.45, 2.75) is 24.7 Å². The van der Waals surface area contributed by atoms with Crippen molar-refractivity contribution in [2.24, 2.45) is 5.92 Å². The normalized spacial score (nSPS) is 23.4. The van der Waals surface area contributed by atoms with Crippen LogP contribution in [0.25, 0.3) is 0 Å². The Balaban J connectivity index is 1.55. The van der Waals surface area contributed by atoms with Crippen molar-refractivity contribution < 1.29 is 19.2 Å². The number of carboxylic acids is 1. The minimum atomic E-state index is -0.877. The maximum absolute atomic E-state index is 12.7. The molecule has 24 heavy (non-hydrogen) atoms. The zero-order valence-electron chi connectivity index (χ0n) is 13.1. The number of carboxylic acid groups (broad SMARTS) is 1. The highest BCUT2D eigenvalue weighted by atomic mass is 16.5. The van der Waals surface area contributed by atoms with Gasteiger partial charge >= 0.3 is 5.97 Å². The smallest absolute Gasteiger partial charge is 0.308 e.